The Kier molecular flexibility index (Phi) is 8.25. The molecule has 9 nitrogen and oxygen atoms in total. The molecule has 3 heterocycles. The number of piperazine rings is 1. The van der Waals surface area contributed by atoms with Crippen molar-refractivity contribution in [3.05, 3.63) is 78.9 Å². The quantitative estimate of drug-likeness (QED) is 0.250. The second kappa shape index (κ2) is 11.7. The molecule has 1 amide bonds. The zero-order valence-electron chi connectivity index (χ0n) is 21.4. The highest BCUT2D eigenvalue weighted by atomic mass is 35.5. The number of aromatic amines is 1. The van der Waals surface area contributed by atoms with E-state index in [-0.39, 0.29) is 23.4 Å². The van der Waals surface area contributed by atoms with Crippen LogP contribution in [0, 0.1) is 0 Å². The van der Waals surface area contributed by atoms with Crippen LogP contribution in [-0.2, 0) is 11.2 Å². The summed E-state index contributed by atoms with van der Waals surface area (Å²) in [4.78, 5) is 34.6. The highest BCUT2D eigenvalue weighted by Crippen LogP contribution is 2.36. The summed E-state index contributed by atoms with van der Waals surface area (Å²) < 4.78 is 1.62. The lowest BCUT2D eigenvalue weighted by Crippen LogP contribution is -2.49. The molecule has 1 fully saturated rings. The Bertz CT molecular complexity index is 1500. The predicted octanol–water partition coefficient (Wildman–Crippen LogP) is 4.62. The summed E-state index contributed by atoms with van der Waals surface area (Å²) in [6.45, 7) is 6.48. The number of amides is 1. The smallest absolute Gasteiger partial charge is 0.284 e. The van der Waals surface area contributed by atoms with E-state index >= 15 is 0 Å². The molecule has 0 radical (unpaired) electrons. The molecule has 2 aromatic rings. The average Bonchev–Trinajstić information content (AvgIpc) is 3.25. The number of fused-ring (bicyclic) bond motifs is 1. The highest BCUT2D eigenvalue weighted by molar-refractivity contribution is 6.40. The van der Waals surface area contributed by atoms with Crippen LogP contribution in [0.3, 0.4) is 0 Å². The number of hydrogen-bond acceptors (Lipinski definition) is 6. The average molecular weight is 589 g/mol. The van der Waals surface area contributed by atoms with Crippen LogP contribution in [0.4, 0.5) is 5.69 Å². The van der Waals surface area contributed by atoms with Crippen LogP contribution in [0.2, 0.25) is 15.1 Å². The van der Waals surface area contributed by atoms with E-state index in [0.29, 0.717) is 62.2 Å². The summed E-state index contributed by atoms with van der Waals surface area (Å²) in [6.07, 6.45) is 0.715. The van der Waals surface area contributed by atoms with Crippen molar-refractivity contribution in [2.75, 3.05) is 25.0 Å². The summed E-state index contributed by atoms with van der Waals surface area (Å²) in [7, 11) is 0. The molecule has 12 heteroatoms. The third kappa shape index (κ3) is 6.13. The monoisotopic (exact) mass is 587 g/mol. The number of nitrogens with one attached hydrogen (secondary N) is 4. The number of carbonyl (C=O) groups excluding carboxylic acids is 1. The molecule has 0 saturated carbocycles. The molecule has 4 N–H and O–H groups in total. The van der Waals surface area contributed by atoms with Crippen molar-refractivity contribution in [1.29, 1.82) is 0 Å². The summed E-state index contributed by atoms with van der Waals surface area (Å²) in [5, 5.41) is 13.8. The first kappa shape index (κ1) is 27.6. The predicted molar refractivity (Wildman–Crippen MR) is 155 cm³/mol. The second-order valence-corrected chi connectivity index (χ2v) is 11.1. The normalized spacial score (nSPS) is 15.7. The number of H-pyrrole nitrogens is 1. The molecule has 2 aromatic carbocycles. The van der Waals surface area contributed by atoms with Crippen molar-refractivity contribution < 1.29 is 4.79 Å². The Labute approximate surface area is 240 Å². The van der Waals surface area contributed by atoms with E-state index in [9.17, 15) is 9.59 Å². The van der Waals surface area contributed by atoms with Crippen molar-refractivity contribution in [3.8, 4) is 17.1 Å². The van der Waals surface area contributed by atoms with E-state index in [1.54, 1.807) is 16.8 Å². The third-order valence-electron chi connectivity index (χ3n) is 6.56. The van der Waals surface area contributed by atoms with Crippen molar-refractivity contribution in [1.82, 2.24) is 30.4 Å². The fourth-order valence-electron chi connectivity index (χ4n) is 4.69. The number of rotatable bonds is 7. The van der Waals surface area contributed by atoms with Gasteiger partial charge < -0.3 is 16.0 Å². The maximum atomic E-state index is 13.2. The molecule has 1 saturated heterocycles. The molecule has 1 atom stereocenters. The molecular weight excluding hydrogens is 561 g/mol. The summed E-state index contributed by atoms with van der Waals surface area (Å²) in [5.41, 5.74) is 2.72. The van der Waals surface area contributed by atoms with Gasteiger partial charge >= 0.3 is 0 Å². The number of benzene rings is 2. The fraction of sp³-hybridized carbons (Fsp3) is 0.333. The number of hydrogen-bond donors (Lipinski definition) is 4. The summed E-state index contributed by atoms with van der Waals surface area (Å²) in [6, 6.07) is 10.7. The molecule has 0 aliphatic carbocycles. The van der Waals surface area contributed by atoms with Gasteiger partial charge in [0.25, 0.3) is 5.56 Å². The SMILES string of the molecule is CC(C)c1[nH]n(-c2c(Cl)cc(Cl)cc2Cl)c2nc(Cc3ccc(NC(=O)CC4CNCCN4)cc3)nc(=O)c1-2. The molecular formula is C27H28Cl3N7O2. The van der Waals surface area contributed by atoms with Crippen molar-refractivity contribution >= 4 is 46.4 Å². The number of anilines is 1. The Morgan fingerprint density at radius 2 is 1.82 bits per heavy atom. The summed E-state index contributed by atoms with van der Waals surface area (Å²) >= 11 is 19.1. The molecule has 204 valence electrons. The lowest BCUT2D eigenvalue weighted by molar-refractivity contribution is -0.116. The molecule has 0 bridgehead atoms. The molecule has 1 unspecified atom stereocenters. The zero-order valence-corrected chi connectivity index (χ0v) is 23.7. The van der Waals surface area contributed by atoms with E-state index in [0.717, 1.165) is 25.2 Å². The van der Waals surface area contributed by atoms with E-state index < -0.39 is 0 Å². The first-order valence-corrected chi connectivity index (χ1v) is 13.8. The van der Waals surface area contributed by atoms with Gasteiger partial charge in [-0.2, -0.15) is 4.98 Å². The molecule has 5 rings (SSSR count). The van der Waals surface area contributed by atoms with E-state index in [4.69, 9.17) is 39.8 Å². The second-order valence-electron chi connectivity index (χ2n) is 9.86. The van der Waals surface area contributed by atoms with Gasteiger partial charge in [0.1, 0.15) is 17.1 Å². The van der Waals surface area contributed by atoms with E-state index in [1.807, 2.05) is 38.1 Å². The fourth-order valence-corrected chi connectivity index (χ4v) is 5.67. The van der Waals surface area contributed by atoms with Crippen molar-refractivity contribution in [2.45, 2.75) is 38.6 Å². The Hall–Kier alpha value is -2.95. The third-order valence-corrected chi connectivity index (χ3v) is 7.35. The van der Waals surface area contributed by atoms with E-state index in [1.165, 1.54) is 0 Å². The Morgan fingerprint density at radius 1 is 1.10 bits per heavy atom. The molecule has 3 aliphatic heterocycles. The van der Waals surface area contributed by atoms with Gasteiger partial charge in [-0.3, -0.25) is 14.7 Å². The van der Waals surface area contributed by atoms with Crippen LogP contribution in [0.5, 0.6) is 0 Å². The van der Waals surface area contributed by atoms with Gasteiger partial charge in [0, 0.05) is 49.2 Å². The van der Waals surface area contributed by atoms with Crippen LogP contribution in [0.15, 0.2) is 41.2 Å². The van der Waals surface area contributed by atoms with Gasteiger partial charge in [-0.1, -0.05) is 60.8 Å². The van der Waals surface area contributed by atoms with Crippen molar-refractivity contribution in [2.24, 2.45) is 0 Å². The first-order chi connectivity index (χ1) is 18.7. The lowest BCUT2D eigenvalue weighted by Gasteiger charge is -2.23. The Balaban J connectivity index is 1.41. The summed E-state index contributed by atoms with van der Waals surface area (Å²) in [5.74, 6) is 0.679. The minimum atomic E-state index is -0.385. The molecule has 3 aliphatic rings. The molecule has 0 spiro atoms. The molecule has 39 heavy (non-hydrogen) atoms. The minimum absolute atomic E-state index is 0.00587. The lowest BCUT2D eigenvalue weighted by atomic mass is 10.1. The largest absolute Gasteiger partial charge is 0.326 e. The number of carbonyl (C=O) groups is 1. The van der Waals surface area contributed by atoms with E-state index in [2.05, 4.69) is 26.0 Å². The molecule has 0 aromatic heterocycles. The van der Waals surface area contributed by atoms with Gasteiger partial charge in [0.2, 0.25) is 5.91 Å². The van der Waals surface area contributed by atoms with Crippen LogP contribution in [0.1, 0.15) is 43.3 Å². The van der Waals surface area contributed by atoms with Gasteiger partial charge in [-0.15, -0.1) is 0 Å². The topological polar surface area (TPSA) is 117 Å². The standard InChI is InChI=1S/C27H28Cl3N7O2/c1-14(2)24-23-26(37(36-24)25-19(29)10-16(28)11-20(25)30)34-21(35-27(23)39)9-15-3-5-17(6-4-15)33-22(38)12-18-13-31-7-8-32-18/h3-6,10-11,14,18,31-32,36H,7-9,12-13H2,1-2H3,(H,33,38). The van der Waals surface area contributed by atoms with Crippen LogP contribution in [-0.4, -0.2) is 51.3 Å². The van der Waals surface area contributed by atoms with Gasteiger partial charge in [0.05, 0.1) is 15.7 Å². The van der Waals surface area contributed by atoms with Gasteiger partial charge in [-0.05, 0) is 35.7 Å². The van der Waals surface area contributed by atoms with Gasteiger partial charge in [0.15, 0.2) is 5.82 Å². The van der Waals surface area contributed by atoms with Gasteiger partial charge in [-0.25, -0.2) is 9.67 Å². The van der Waals surface area contributed by atoms with Crippen molar-refractivity contribution in [3.63, 3.8) is 0 Å². The number of nitrogens with zero attached hydrogens (tertiary/aromatic N) is 3. The van der Waals surface area contributed by atoms with Crippen LogP contribution in [0.25, 0.3) is 17.1 Å². The van der Waals surface area contributed by atoms with Crippen LogP contribution >= 0.6 is 34.8 Å². The maximum Gasteiger partial charge on any atom is 0.284 e. The zero-order chi connectivity index (χ0) is 27.7. The first-order valence-electron chi connectivity index (χ1n) is 12.7. The Morgan fingerprint density at radius 3 is 2.46 bits per heavy atom. The number of halogens is 3. The minimum Gasteiger partial charge on any atom is -0.326 e. The maximum absolute atomic E-state index is 13.2. The highest BCUT2D eigenvalue weighted by Gasteiger charge is 2.27. The number of aromatic nitrogens is 4. The van der Waals surface area contributed by atoms with Crippen LogP contribution < -0.4 is 21.5 Å².